The lowest BCUT2D eigenvalue weighted by atomic mass is 9.94. The molecule has 7 nitrogen and oxygen atoms in total. The van der Waals surface area contributed by atoms with Crippen molar-refractivity contribution in [1.29, 1.82) is 0 Å². The van der Waals surface area contributed by atoms with Crippen molar-refractivity contribution in [1.82, 2.24) is 25.3 Å². The summed E-state index contributed by atoms with van der Waals surface area (Å²) in [6.45, 7) is 2.03. The molecule has 2 aliphatic rings. The Morgan fingerprint density at radius 1 is 1.52 bits per heavy atom. The van der Waals surface area contributed by atoms with E-state index in [1.54, 1.807) is 11.9 Å². The third kappa shape index (κ3) is 3.07. The number of likely N-dealkylation sites (N-methyl/N-ethyl adjacent to an activating group) is 1. The Morgan fingerprint density at radius 3 is 3.19 bits per heavy atom. The fourth-order valence-electron chi connectivity index (χ4n) is 2.99. The number of carbonyl (C=O) groups is 2. The van der Waals surface area contributed by atoms with Crippen LogP contribution in [0.5, 0.6) is 0 Å². The van der Waals surface area contributed by atoms with E-state index >= 15 is 0 Å². The minimum atomic E-state index is -0.0280. The van der Waals surface area contributed by atoms with E-state index in [-0.39, 0.29) is 24.4 Å². The summed E-state index contributed by atoms with van der Waals surface area (Å²) >= 11 is 0. The van der Waals surface area contributed by atoms with Crippen molar-refractivity contribution in [3.8, 4) is 0 Å². The molecule has 0 aromatic carbocycles. The number of nitrogens with zero attached hydrogens (tertiary/aromatic N) is 3. The first-order valence-electron chi connectivity index (χ1n) is 7.41. The summed E-state index contributed by atoms with van der Waals surface area (Å²) < 4.78 is 0. The van der Waals surface area contributed by atoms with Crippen molar-refractivity contribution in [3.05, 3.63) is 17.5 Å². The van der Waals surface area contributed by atoms with Crippen molar-refractivity contribution in [2.75, 3.05) is 33.2 Å². The summed E-state index contributed by atoms with van der Waals surface area (Å²) in [6.07, 6.45) is 4.85. The molecule has 1 aromatic rings. The van der Waals surface area contributed by atoms with E-state index in [1.165, 1.54) is 5.56 Å². The normalized spacial score (nSPS) is 23.0. The Bertz CT molecular complexity index is 541. The van der Waals surface area contributed by atoms with Gasteiger partial charge in [-0.25, -0.2) is 0 Å². The quantitative estimate of drug-likeness (QED) is 0.799. The molecule has 7 heteroatoms. The summed E-state index contributed by atoms with van der Waals surface area (Å²) in [5, 5.41) is 10.1. The summed E-state index contributed by atoms with van der Waals surface area (Å²) in [7, 11) is 1.79. The lowest BCUT2D eigenvalue weighted by molar-refractivity contribution is -0.135. The predicted molar refractivity (Wildman–Crippen MR) is 76.5 cm³/mol. The van der Waals surface area contributed by atoms with E-state index in [2.05, 4.69) is 15.5 Å². The molecule has 0 radical (unpaired) electrons. The van der Waals surface area contributed by atoms with Gasteiger partial charge in [0.2, 0.25) is 11.8 Å². The van der Waals surface area contributed by atoms with Crippen LogP contribution in [-0.2, 0) is 16.0 Å². The second kappa shape index (κ2) is 5.85. The lowest BCUT2D eigenvalue weighted by Gasteiger charge is -2.32. The summed E-state index contributed by atoms with van der Waals surface area (Å²) in [6, 6.07) is 0.0203. The standard InChI is InChI=1S/C14H21N5O2/c1-18-5-6-19(9-13(18)21)8-12(20)16-11-4-2-3-10-7-15-17-14(10)11/h7,11H,2-6,8-9H2,1H3,(H,15,17)(H,16,20). The zero-order valence-corrected chi connectivity index (χ0v) is 12.3. The third-order valence-electron chi connectivity index (χ3n) is 4.28. The highest BCUT2D eigenvalue weighted by Gasteiger charge is 2.26. The average Bonchev–Trinajstić information content (AvgIpc) is 2.92. The van der Waals surface area contributed by atoms with Gasteiger partial charge in [-0.05, 0) is 24.8 Å². The molecule has 1 saturated heterocycles. The summed E-state index contributed by atoms with van der Waals surface area (Å²) in [5.41, 5.74) is 2.23. The van der Waals surface area contributed by atoms with Gasteiger partial charge in [0.25, 0.3) is 0 Å². The van der Waals surface area contributed by atoms with Crippen molar-refractivity contribution >= 4 is 11.8 Å². The highest BCUT2D eigenvalue weighted by Crippen LogP contribution is 2.27. The minimum absolute atomic E-state index is 0.0203. The van der Waals surface area contributed by atoms with Gasteiger partial charge >= 0.3 is 0 Å². The number of hydrogen-bond donors (Lipinski definition) is 2. The van der Waals surface area contributed by atoms with Crippen LogP contribution in [0.1, 0.15) is 30.1 Å². The maximum atomic E-state index is 12.2. The number of H-pyrrole nitrogens is 1. The topological polar surface area (TPSA) is 81.3 Å². The van der Waals surface area contributed by atoms with E-state index < -0.39 is 0 Å². The molecule has 0 bridgehead atoms. The van der Waals surface area contributed by atoms with Gasteiger partial charge in [-0.2, -0.15) is 5.10 Å². The molecule has 0 spiro atoms. The van der Waals surface area contributed by atoms with E-state index in [4.69, 9.17) is 0 Å². The van der Waals surface area contributed by atoms with Crippen LogP contribution >= 0.6 is 0 Å². The average molecular weight is 291 g/mol. The van der Waals surface area contributed by atoms with Gasteiger partial charge in [-0.3, -0.25) is 19.6 Å². The van der Waals surface area contributed by atoms with Crippen molar-refractivity contribution < 1.29 is 9.59 Å². The van der Waals surface area contributed by atoms with Crippen LogP contribution in [0.15, 0.2) is 6.20 Å². The van der Waals surface area contributed by atoms with Gasteiger partial charge in [-0.15, -0.1) is 0 Å². The molecule has 1 aliphatic carbocycles. The van der Waals surface area contributed by atoms with Gasteiger partial charge in [-0.1, -0.05) is 0 Å². The van der Waals surface area contributed by atoms with E-state index in [0.717, 1.165) is 31.5 Å². The van der Waals surface area contributed by atoms with Gasteiger partial charge in [0.1, 0.15) is 0 Å². The fraction of sp³-hybridized carbons (Fsp3) is 0.643. The maximum Gasteiger partial charge on any atom is 0.236 e. The van der Waals surface area contributed by atoms with Crippen LogP contribution in [0, 0.1) is 0 Å². The first-order chi connectivity index (χ1) is 10.1. The Hall–Kier alpha value is -1.89. The summed E-state index contributed by atoms with van der Waals surface area (Å²) in [4.78, 5) is 27.4. The van der Waals surface area contributed by atoms with Crippen LogP contribution in [0.3, 0.4) is 0 Å². The maximum absolute atomic E-state index is 12.2. The van der Waals surface area contributed by atoms with Gasteiger partial charge in [0, 0.05) is 20.1 Å². The smallest absolute Gasteiger partial charge is 0.236 e. The Balaban J connectivity index is 1.55. The molecule has 1 aromatic heterocycles. The molecule has 1 aliphatic heterocycles. The molecular weight excluding hydrogens is 270 g/mol. The monoisotopic (exact) mass is 291 g/mol. The molecule has 1 atom stereocenters. The minimum Gasteiger partial charge on any atom is -0.347 e. The van der Waals surface area contributed by atoms with Crippen LogP contribution < -0.4 is 5.32 Å². The molecule has 2 amide bonds. The van der Waals surface area contributed by atoms with Crippen LogP contribution in [0.4, 0.5) is 0 Å². The third-order valence-corrected chi connectivity index (χ3v) is 4.28. The lowest BCUT2D eigenvalue weighted by Crippen LogP contribution is -2.51. The van der Waals surface area contributed by atoms with Crippen molar-refractivity contribution in [3.63, 3.8) is 0 Å². The van der Waals surface area contributed by atoms with Gasteiger partial charge < -0.3 is 10.2 Å². The number of carbonyl (C=O) groups excluding carboxylic acids is 2. The highest BCUT2D eigenvalue weighted by atomic mass is 16.2. The SMILES string of the molecule is CN1CCN(CC(=O)NC2CCCc3cn[nH]c32)CC1=O. The number of fused-ring (bicyclic) bond motifs is 1. The number of hydrogen-bond acceptors (Lipinski definition) is 4. The fourth-order valence-corrected chi connectivity index (χ4v) is 2.99. The molecule has 21 heavy (non-hydrogen) atoms. The van der Waals surface area contributed by atoms with E-state index in [9.17, 15) is 9.59 Å². The summed E-state index contributed by atoms with van der Waals surface area (Å²) in [5.74, 6) is 0.0439. The number of aryl methyl sites for hydroxylation is 1. The Morgan fingerprint density at radius 2 is 2.38 bits per heavy atom. The first kappa shape index (κ1) is 14.1. The molecule has 1 fully saturated rings. The van der Waals surface area contributed by atoms with Crippen LogP contribution in [-0.4, -0.2) is 65.0 Å². The molecule has 2 heterocycles. The number of piperazine rings is 1. The number of amides is 2. The second-order valence-corrected chi connectivity index (χ2v) is 5.85. The largest absolute Gasteiger partial charge is 0.347 e. The molecule has 114 valence electrons. The Kier molecular flexibility index (Phi) is 3.92. The van der Waals surface area contributed by atoms with Crippen molar-refractivity contribution in [2.45, 2.75) is 25.3 Å². The van der Waals surface area contributed by atoms with Crippen molar-refractivity contribution in [2.24, 2.45) is 0 Å². The Labute approximate surface area is 123 Å². The van der Waals surface area contributed by atoms with Gasteiger partial charge in [0.05, 0.1) is 31.0 Å². The number of nitrogens with one attached hydrogen (secondary N) is 2. The molecule has 2 N–H and O–H groups in total. The van der Waals surface area contributed by atoms with Crippen LogP contribution in [0.25, 0.3) is 0 Å². The zero-order valence-electron chi connectivity index (χ0n) is 12.3. The first-order valence-corrected chi connectivity index (χ1v) is 7.41. The predicted octanol–water partition coefficient (Wildman–Crippen LogP) is -0.323. The molecule has 0 saturated carbocycles. The number of rotatable bonds is 3. The second-order valence-electron chi connectivity index (χ2n) is 5.85. The van der Waals surface area contributed by atoms with E-state index in [0.29, 0.717) is 13.1 Å². The molecule has 1 unspecified atom stereocenters. The zero-order chi connectivity index (χ0) is 14.8. The number of aromatic nitrogens is 2. The van der Waals surface area contributed by atoms with E-state index in [1.807, 2.05) is 11.1 Å². The van der Waals surface area contributed by atoms with Gasteiger partial charge in [0.15, 0.2) is 0 Å². The molecular formula is C14H21N5O2. The highest BCUT2D eigenvalue weighted by molar-refractivity contribution is 5.82. The number of aromatic amines is 1. The molecule has 3 rings (SSSR count). The van der Waals surface area contributed by atoms with Crippen LogP contribution in [0.2, 0.25) is 0 Å².